The molecule has 1 nitrogen and oxygen atoms in total. The van der Waals surface area contributed by atoms with Crippen molar-refractivity contribution in [2.75, 3.05) is 6.61 Å². The Bertz CT molecular complexity index is 186. The van der Waals surface area contributed by atoms with Gasteiger partial charge in [0.25, 0.3) is 0 Å². The van der Waals surface area contributed by atoms with Crippen molar-refractivity contribution in [2.24, 2.45) is 0 Å². The van der Waals surface area contributed by atoms with Crippen LogP contribution in [0.2, 0.25) is 0 Å². The second kappa shape index (κ2) is 4.72. The number of hydrogen-bond acceptors (Lipinski definition) is 1. The van der Waals surface area contributed by atoms with Crippen molar-refractivity contribution in [2.45, 2.75) is 6.42 Å². The Hall–Kier alpha value is -1.05. The molecule has 0 unspecified atom stereocenters. The number of ether oxygens (including phenoxy) is 1. The first kappa shape index (κ1) is 8.05. The molecule has 0 aliphatic carbocycles. The van der Waals surface area contributed by atoms with E-state index < -0.39 is 0 Å². The summed E-state index contributed by atoms with van der Waals surface area (Å²) in [7, 11) is 0. The van der Waals surface area contributed by atoms with E-state index in [1.165, 1.54) is 0 Å². The second-order valence-corrected chi connectivity index (χ2v) is 2.10. The molecule has 1 rings (SSSR count). The molecule has 0 saturated heterocycles. The Balaban J connectivity index is 2.28. The van der Waals surface area contributed by atoms with Crippen LogP contribution in [0.15, 0.2) is 30.3 Å². The molecule has 0 atom stereocenters. The number of para-hydroxylation sites is 1. The predicted octanol–water partition coefficient (Wildman–Crippen LogP) is 2.59. The van der Waals surface area contributed by atoms with Crippen LogP contribution in [0, 0.1) is 6.67 Å². The molecular weight excluding hydrogens is 143 g/mol. The summed E-state index contributed by atoms with van der Waals surface area (Å²) in [6.45, 7) is 1.00. The van der Waals surface area contributed by atoms with Crippen LogP contribution in [0.5, 0.6) is 5.75 Å². The van der Waals surface area contributed by atoms with Crippen LogP contribution in [0.25, 0.3) is 0 Å². The summed E-state index contributed by atoms with van der Waals surface area (Å²) in [4.78, 5) is 0. The average molecular weight is 153 g/mol. The molecule has 0 fully saturated rings. The minimum absolute atomic E-state index is 0.342. The van der Waals surface area contributed by atoms with Gasteiger partial charge in [0.2, 0.25) is 0 Å². The second-order valence-electron chi connectivity index (χ2n) is 2.10. The summed E-state index contributed by atoms with van der Waals surface area (Å²) in [5.41, 5.74) is 0. The highest BCUT2D eigenvalue weighted by atomic mass is 19.1. The summed E-state index contributed by atoms with van der Waals surface area (Å²) in [5.74, 6) is 0.786. The number of halogens is 1. The van der Waals surface area contributed by atoms with Crippen molar-refractivity contribution in [3.63, 3.8) is 0 Å². The first-order valence-corrected chi connectivity index (χ1v) is 3.53. The minimum Gasteiger partial charge on any atom is -0.493 e. The van der Waals surface area contributed by atoms with Gasteiger partial charge in [0.1, 0.15) is 12.4 Å². The molecule has 0 saturated carbocycles. The third-order valence-corrected chi connectivity index (χ3v) is 1.24. The number of benzene rings is 1. The highest BCUT2D eigenvalue weighted by molar-refractivity contribution is 5.20. The van der Waals surface area contributed by atoms with E-state index in [1.54, 1.807) is 0 Å². The van der Waals surface area contributed by atoms with Crippen LogP contribution in [-0.2, 0) is 0 Å². The van der Waals surface area contributed by atoms with E-state index in [0.717, 1.165) is 5.75 Å². The van der Waals surface area contributed by atoms with Gasteiger partial charge >= 0.3 is 0 Å². The van der Waals surface area contributed by atoms with Gasteiger partial charge in [-0.15, -0.1) is 0 Å². The van der Waals surface area contributed by atoms with E-state index in [1.807, 2.05) is 30.3 Å². The third kappa shape index (κ3) is 3.03. The van der Waals surface area contributed by atoms with Gasteiger partial charge in [0, 0.05) is 6.42 Å². The molecule has 1 radical (unpaired) electrons. The highest BCUT2D eigenvalue weighted by Crippen LogP contribution is 2.08. The summed E-state index contributed by atoms with van der Waals surface area (Å²) >= 11 is 0. The maximum atomic E-state index is 11.5. The lowest BCUT2D eigenvalue weighted by molar-refractivity contribution is 0.308. The monoisotopic (exact) mass is 153 g/mol. The van der Waals surface area contributed by atoms with E-state index in [4.69, 9.17) is 4.74 Å². The normalized spacial score (nSPS) is 9.55. The molecule has 0 bridgehead atoms. The quantitative estimate of drug-likeness (QED) is 0.604. The van der Waals surface area contributed by atoms with Gasteiger partial charge in [0.15, 0.2) is 0 Å². The lowest BCUT2D eigenvalue weighted by Crippen LogP contribution is -1.95. The van der Waals surface area contributed by atoms with Crippen molar-refractivity contribution < 1.29 is 9.13 Å². The van der Waals surface area contributed by atoms with Gasteiger partial charge in [-0.2, -0.15) is 0 Å². The minimum atomic E-state index is 0.342. The molecular formula is C9H10FO. The smallest absolute Gasteiger partial charge is 0.135 e. The summed E-state index contributed by atoms with van der Waals surface area (Å²) in [6.07, 6.45) is 0.342. The SMILES string of the molecule is F[CH]CCOc1ccccc1. The van der Waals surface area contributed by atoms with Crippen LogP contribution < -0.4 is 4.74 Å². The molecule has 59 valence electrons. The fourth-order valence-corrected chi connectivity index (χ4v) is 0.738. The largest absolute Gasteiger partial charge is 0.493 e. The van der Waals surface area contributed by atoms with Crippen LogP contribution in [0.1, 0.15) is 6.42 Å². The molecule has 0 aliphatic heterocycles. The van der Waals surface area contributed by atoms with Gasteiger partial charge in [-0.05, 0) is 12.1 Å². The van der Waals surface area contributed by atoms with Crippen LogP contribution in [0.3, 0.4) is 0 Å². The van der Waals surface area contributed by atoms with Gasteiger partial charge in [0.05, 0.1) is 6.61 Å². The van der Waals surface area contributed by atoms with Crippen LogP contribution in [-0.4, -0.2) is 6.61 Å². The van der Waals surface area contributed by atoms with Crippen molar-refractivity contribution >= 4 is 0 Å². The molecule has 0 amide bonds. The molecule has 0 aliphatic rings. The van der Waals surface area contributed by atoms with E-state index in [0.29, 0.717) is 19.7 Å². The highest BCUT2D eigenvalue weighted by Gasteiger charge is 1.89. The van der Waals surface area contributed by atoms with Gasteiger partial charge in [-0.1, -0.05) is 18.2 Å². The number of rotatable bonds is 4. The molecule has 0 heterocycles. The van der Waals surface area contributed by atoms with E-state index >= 15 is 0 Å². The standard InChI is InChI=1S/C9H10FO/c10-7-4-8-11-9-5-2-1-3-6-9/h1-3,5-7H,4,8H2. The van der Waals surface area contributed by atoms with Crippen LogP contribution >= 0.6 is 0 Å². The maximum absolute atomic E-state index is 11.5. The Morgan fingerprint density at radius 2 is 2.00 bits per heavy atom. The molecule has 0 aromatic heterocycles. The van der Waals surface area contributed by atoms with E-state index in [9.17, 15) is 4.39 Å². The molecule has 11 heavy (non-hydrogen) atoms. The first-order valence-electron chi connectivity index (χ1n) is 3.53. The molecule has 0 spiro atoms. The van der Waals surface area contributed by atoms with Gasteiger partial charge in [-0.25, -0.2) is 4.39 Å². The van der Waals surface area contributed by atoms with Crippen molar-refractivity contribution in [3.8, 4) is 5.75 Å². The van der Waals surface area contributed by atoms with E-state index in [2.05, 4.69) is 0 Å². The van der Waals surface area contributed by atoms with Gasteiger partial charge in [-0.3, -0.25) is 0 Å². The summed E-state index contributed by atoms with van der Waals surface area (Å²) < 4.78 is 16.7. The van der Waals surface area contributed by atoms with E-state index in [-0.39, 0.29) is 0 Å². The fraction of sp³-hybridized carbons (Fsp3) is 0.222. The maximum Gasteiger partial charge on any atom is 0.135 e. The van der Waals surface area contributed by atoms with Crippen molar-refractivity contribution in [1.29, 1.82) is 0 Å². The summed E-state index contributed by atoms with van der Waals surface area (Å²) in [5, 5.41) is 0. The topological polar surface area (TPSA) is 9.23 Å². The zero-order valence-electron chi connectivity index (χ0n) is 6.16. The van der Waals surface area contributed by atoms with Crippen molar-refractivity contribution in [1.82, 2.24) is 0 Å². The Kier molecular flexibility index (Phi) is 3.45. The fourth-order valence-electron chi connectivity index (χ4n) is 0.738. The zero-order chi connectivity index (χ0) is 7.94. The molecule has 1 aromatic rings. The molecule has 1 aromatic carbocycles. The Morgan fingerprint density at radius 3 is 2.64 bits per heavy atom. The van der Waals surface area contributed by atoms with Crippen molar-refractivity contribution in [3.05, 3.63) is 37.0 Å². The Labute approximate surface area is 65.8 Å². The predicted molar refractivity (Wildman–Crippen MR) is 42.0 cm³/mol. The first-order chi connectivity index (χ1) is 5.43. The zero-order valence-corrected chi connectivity index (χ0v) is 6.16. The molecule has 2 heteroatoms. The lowest BCUT2D eigenvalue weighted by Gasteiger charge is -2.02. The Morgan fingerprint density at radius 1 is 1.27 bits per heavy atom. The number of hydrogen-bond donors (Lipinski definition) is 0. The lowest BCUT2D eigenvalue weighted by atomic mass is 10.3. The summed E-state index contributed by atoms with van der Waals surface area (Å²) in [6, 6.07) is 9.37. The molecule has 0 N–H and O–H groups in total. The third-order valence-electron chi connectivity index (χ3n) is 1.24. The van der Waals surface area contributed by atoms with Gasteiger partial charge < -0.3 is 4.74 Å². The van der Waals surface area contributed by atoms with Crippen LogP contribution in [0.4, 0.5) is 4.39 Å². The average Bonchev–Trinajstić information content (AvgIpc) is 2.07.